The molecule has 2 N–H and O–H groups in total. The minimum Gasteiger partial charge on any atom is -0.491 e. The van der Waals surface area contributed by atoms with Crippen LogP contribution in [-0.4, -0.2) is 18.4 Å². The summed E-state index contributed by atoms with van der Waals surface area (Å²) in [6.45, 7) is 0.721. The number of fused-ring (bicyclic) bond motifs is 1. The molecule has 0 saturated heterocycles. The van der Waals surface area contributed by atoms with E-state index in [1.165, 1.54) is 0 Å². The van der Waals surface area contributed by atoms with Crippen molar-refractivity contribution in [1.82, 2.24) is 5.32 Å². The van der Waals surface area contributed by atoms with Crippen LogP contribution in [0.1, 0.15) is 17.7 Å². The first kappa shape index (κ1) is 14.2. The molecular formula is C16H16N2O4. The van der Waals surface area contributed by atoms with E-state index in [1.54, 1.807) is 30.5 Å². The average molecular weight is 300 g/mol. The maximum atomic E-state index is 11.9. The van der Waals surface area contributed by atoms with Gasteiger partial charge in [0.15, 0.2) is 0 Å². The molecule has 0 radical (unpaired) electrons. The van der Waals surface area contributed by atoms with Crippen LogP contribution < -0.4 is 15.4 Å². The van der Waals surface area contributed by atoms with Crippen molar-refractivity contribution in [1.29, 1.82) is 0 Å². The molecule has 6 heteroatoms. The number of anilines is 1. The van der Waals surface area contributed by atoms with Crippen molar-refractivity contribution in [2.45, 2.75) is 19.4 Å². The third-order valence-electron chi connectivity index (χ3n) is 3.31. The molecule has 1 aliphatic heterocycles. The predicted octanol–water partition coefficient (Wildman–Crippen LogP) is 1.86. The standard InChI is InChI=1S/C16H16N2O4/c19-15-5-7-22-14-4-3-11(8-13(14)18-15)9-16(20)17-10-12-2-1-6-21-12/h1-4,6,8H,5,7,9-10H2,(H,17,20)(H,18,19). The number of amides is 2. The first-order chi connectivity index (χ1) is 10.7. The topological polar surface area (TPSA) is 80.6 Å². The van der Waals surface area contributed by atoms with E-state index in [9.17, 15) is 9.59 Å². The van der Waals surface area contributed by atoms with Gasteiger partial charge < -0.3 is 19.8 Å². The minimum atomic E-state index is -0.114. The Morgan fingerprint density at radius 1 is 1.32 bits per heavy atom. The van der Waals surface area contributed by atoms with E-state index in [-0.39, 0.29) is 18.2 Å². The SMILES string of the molecule is O=C(Cc1ccc2c(c1)NC(=O)CCO2)NCc1ccco1. The summed E-state index contributed by atoms with van der Waals surface area (Å²) in [5.41, 5.74) is 1.42. The molecule has 114 valence electrons. The van der Waals surface area contributed by atoms with E-state index < -0.39 is 0 Å². The second-order valence-corrected chi connectivity index (χ2v) is 5.01. The van der Waals surface area contributed by atoms with Crippen molar-refractivity contribution in [3.8, 4) is 5.75 Å². The van der Waals surface area contributed by atoms with Crippen LogP contribution in [0.3, 0.4) is 0 Å². The fourth-order valence-electron chi connectivity index (χ4n) is 2.22. The lowest BCUT2D eigenvalue weighted by Crippen LogP contribution is -2.24. The van der Waals surface area contributed by atoms with Crippen LogP contribution in [0, 0.1) is 0 Å². The zero-order valence-electron chi connectivity index (χ0n) is 11.9. The summed E-state index contributed by atoms with van der Waals surface area (Å²) in [6.07, 6.45) is 2.12. The van der Waals surface area contributed by atoms with Crippen LogP contribution in [0.15, 0.2) is 41.0 Å². The summed E-state index contributed by atoms with van der Waals surface area (Å²) in [5, 5.41) is 5.56. The van der Waals surface area contributed by atoms with Crippen molar-refractivity contribution in [2.24, 2.45) is 0 Å². The lowest BCUT2D eigenvalue weighted by molar-refractivity contribution is -0.120. The van der Waals surface area contributed by atoms with Gasteiger partial charge in [-0.15, -0.1) is 0 Å². The van der Waals surface area contributed by atoms with Gasteiger partial charge in [0.1, 0.15) is 11.5 Å². The Morgan fingerprint density at radius 2 is 2.23 bits per heavy atom. The maximum Gasteiger partial charge on any atom is 0.227 e. The molecule has 2 amide bonds. The Kier molecular flexibility index (Phi) is 4.09. The third kappa shape index (κ3) is 3.46. The van der Waals surface area contributed by atoms with Crippen LogP contribution >= 0.6 is 0 Å². The second-order valence-electron chi connectivity index (χ2n) is 5.01. The molecule has 1 aliphatic rings. The molecule has 2 aromatic rings. The summed E-state index contributed by atoms with van der Waals surface area (Å²) in [4.78, 5) is 23.5. The molecule has 6 nitrogen and oxygen atoms in total. The molecular weight excluding hydrogens is 284 g/mol. The highest BCUT2D eigenvalue weighted by Gasteiger charge is 2.15. The number of furan rings is 1. The van der Waals surface area contributed by atoms with Crippen molar-refractivity contribution >= 4 is 17.5 Å². The van der Waals surface area contributed by atoms with E-state index >= 15 is 0 Å². The van der Waals surface area contributed by atoms with Gasteiger partial charge in [0, 0.05) is 0 Å². The van der Waals surface area contributed by atoms with Gasteiger partial charge in [0.25, 0.3) is 0 Å². The smallest absolute Gasteiger partial charge is 0.227 e. The van der Waals surface area contributed by atoms with Gasteiger partial charge in [-0.1, -0.05) is 6.07 Å². The number of carbonyl (C=O) groups is 2. The van der Waals surface area contributed by atoms with Gasteiger partial charge in [0.05, 0.1) is 37.9 Å². The zero-order chi connectivity index (χ0) is 15.4. The summed E-state index contributed by atoms with van der Waals surface area (Å²) in [5.74, 6) is 1.14. The van der Waals surface area contributed by atoms with Gasteiger partial charge in [-0.3, -0.25) is 9.59 Å². The monoisotopic (exact) mass is 300 g/mol. The fraction of sp³-hybridized carbons (Fsp3) is 0.250. The number of benzene rings is 1. The Labute approximate surface area is 127 Å². The van der Waals surface area contributed by atoms with E-state index in [1.807, 2.05) is 6.07 Å². The highest BCUT2D eigenvalue weighted by atomic mass is 16.5. The van der Waals surface area contributed by atoms with Crippen molar-refractivity contribution < 1.29 is 18.7 Å². The fourth-order valence-corrected chi connectivity index (χ4v) is 2.22. The van der Waals surface area contributed by atoms with Gasteiger partial charge in [-0.2, -0.15) is 0 Å². The molecule has 0 unspecified atom stereocenters. The van der Waals surface area contributed by atoms with Crippen LogP contribution in [0.2, 0.25) is 0 Å². The van der Waals surface area contributed by atoms with Crippen LogP contribution in [-0.2, 0) is 22.6 Å². The Hall–Kier alpha value is -2.76. The maximum absolute atomic E-state index is 11.9. The van der Waals surface area contributed by atoms with Gasteiger partial charge in [0.2, 0.25) is 11.8 Å². The third-order valence-corrected chi connectivity index (χ3v) is 3.31. The van der Waals surface area contributed by atoms with E-state index in [0.29, 0.717) is 36.8 Å². The molecule has 22 heavy (non-hydrogen) atoms. The van der Waals surface area contributed by atoms with Crippen LogP contribution in [0.4, 0.5) is 5.69 Å². The summed E-state index contributed by atoms with van der Waals surface area (Å²) < 4.78 is 10.6. The predicted molar refractivity (Wildman–Crippen MR) is 79.4 cm³/mol. The van der Waals surface area contributed by atoms with Crippen molar-refractivity contribution in [3.05, 3.63) is 47.9 Å². The van der Waals surface area contributed by atoms with E-state index in [2.05, 4.69) is 10.6 Å². The largest absolute Gasteiger partial charge is 0.491 e. The molecule has 0 aliphatic carbocycles. The molecule has 0 bridgehead atoms. The zero-order valence-corrected chi connectivity index (χ0v) is 11.9. The van der Waals surface area contributed by atoms with Gasteiger partial charge >= 0.3 is 0 Å². The molecule has 3 rings (SSSR count). The summed E-state index contributed by atoms with van der Waals surface area (Å²) in [7, 11) is 0. The van der Waals surface area contributed by atoms with E-state index in [4.69, 9.17) is 9.15 Å². The van der Waals surface area contributed by atoms with Crippen molar-refractivity contribution in [2.75, 3.05) is 11.9 Å². The highest BCUT2D eigenvalue weighted by molar-refractivity contribution is 5.93. The van der Waals surface area contributed by atoms with E-state index in [0.717, 1.165) is 5.56 Å². The Morgan fingerprint density at radius 3 is 3.05 bits per heavy atom. The highest BCUT2D eigenvalue weighted by Crippen LogP contribution is 2.28. The number of nitrogens with one attached hydrogen (secondary N) is 2. The normalized spacial score (nSPS) is 13.5. The number of hydrogen-bond donors (Lipinski definition) is 2. The summed E-state index contributed by atoms with van der Waals surface area (Å²) >= 11 is 0. The molecule has 0 spiro atoms. The Bertz CT molecular complexity index is 679. The molecule has 0 atom stereocenters. The first-order valence-electron chi connectivity index (χ1n) is 7.05. The second kappa shape index (κ2) is 6.34. The quantitative estimate of drug-likeness (QED) is 0.903. The number of ether oxygens (including phenoxy) is 1. The average Bonchev–Trinajstić information content (AvgIpc) is 2.94. The molecule has 0 fully saturated rings. The van der Waals surface area contributed by atoms with Gasteiger partial charge in [-0.25, -0.2) is 0 Å². The van der Waals surface area contributed by atoms with Crippen LogP contribution in [0.5, 0.6) is 5.75 Å². The molecule has 1 aromatic carbocycles. The lowest BCUT2D eigenvalue weighted by Gasteiger charge is -2.09. The lowest BCUT2D eigenvalue weighted by atomic mass is 10.1. The molecule has 2 heterocycles. The number of rotatable bonds is 4. The van der Waals surface area contributed by atoms with Crippen LogP contribution in [0.25, 0.3) is 0 Å². The minimum absolute atomic E-state index is 0.0850. The molecule has 0 saturated carbocycles. The van der Waals surface area contributed by atoms with Crippen molar-refractivity contribution in [3.63, 3.8) is 0 Å². The summed E-state index contributed by atoms with van der Waals surface area (Å²) in [6, 6.07) is 8.94. The Balaban J connectivity index is 1.62. The molecule has 1 aromatic heterocycles. The first-order valence-corrected chi connectivity index (χ1v) is 7.05. The number of hydrogen-bond acceptors (Lipinski definition) is 4. The van der Waals surface area contributed by atoms with Gasteiger partial charge in [-0.05, 0) is 29.8 Å². The number of carbonyl (C=O) groups excluding carboxylic acids is 2.